The number of aryl methyl sites for hydroxylation is 1. The number of nitrogens with one attached hydrogen (secondary N) is 1. The van der Waals surface area contributed by atoms with Gasteiger partial charge in [0.1, 0.15) is 0 Å². The lowest BCUT2D eigenvalue weighted by Gasteiger charge is -2.36. The van der Waals surface area contributed by atoms with Gasteiger partial charge in [0.25, 0.3) is 0 Å². The lowest BCUT2D eigenvalue weighted by atomic mass is 9.83. The van der Waals surface area contributed by atoms with Gasteiger partial charge in [-0.2, -0.15) is 0 Å². The first-order valence-electron chi connectivity index (χ1n) is 6.49. The van der Waals surface area contributed by atoms with E-state index in [9.17, 15) is 0 Å². The predicted octanol–water partition coefficient (Wildman–Crippen LogP) is 1.40. The maximum Gasteiger partial charge on any atom is 0.0843 e. The average molecular weight is 254 g/mol. The number of methoxy groups -OCH3 is 1. The van der Waals surface area contributed by atoms with Crippen molar-refractivity contribution in [2.75, 3.05) is 13.7 Å². The van der Waals surface area contributed by atoms with Crippen molar-refractivity contribution in [2.45, 2.75) is 46.3 Å². The van der Waals surface area contributed by atoms with Crippen LogP contribution in [0.15, 0.2) is 6.20 Å². The predicted molar refractivity (Wildman–Crippen MR) is 72.4 cm³/mol. The van der Waals surface area contributed by atoms with Gasteiger partial charge in [-0.1, -0.05) is 32.9 Å². The summed E-state index contributed by atoms with van der Waals surface area (Å²) in [7, 11) is 3.66. The highest BCUT2D eigenvalue weighted by atomic mass is 16.5. The van der Waals surface area contributed by atoms with Crippen LogP contribution in [0.2, 0.25) is 0 Å². The summed E-state index contributed by atoms with van der Waals surface area (Å²) < 4.78 is 7.42. The molecule has 5 nitrogen and oxygen atoms in total. The summed E-state index contributed by atoms with van der Waals surface area (Å²) in [5, 5.41) is 11.6. The molecule has 2 atom stereocenters. The maximum atomic E-state index is 5.69. The highest BCUT2D eigenvalue weighted by molar-refractivity contribution is 4.99. The Kier molecular flexibility index (Phi) is 5.28. The molecule has 0 aromatic carbocycles. The Balaban J connectivity index is 2.80. The molecule has 0 amide bonds. The Morgan fingerprint density at radius 2 is 2.11 bits per heavy atom. The average Bonchev–Trinajstić information content (AvgIpc) is 2.63. The smallest absolute Gasteiger partial charge is 0.0843 e. The fourth-order valence-electron chi connectivity index (χ4n) is 2.38. The molecule has 0 aliphatic carbocycles. The molecule has 18 heavy (non-hydrogen) atoms. The van der Waals surface area contributed by atoms with E-state index in [2.05, 4.69) is 43.3 Å². The SMILES string of the molecule is CCNC(Cc1cn(C)nn1)C(OC)C(C)(C)C. The molecule has 0 spiro atoms. The largest absolute Gasteiger partial charge is 0.379 e. The molecule has 0 bridgehead atoms. The van der Waals surface area contributed by atoms with E-state index in [1.807, 2.05) is 13.2 Å². The molecule has 1 aromatic heterocycles. The molecule has 1 rings (SSSR count). The Morgan fingerprint density at radius 3 is 2.50 bits per heavy atom. The van der Waals surface area contributed by atoms with Crippen molar-refractivity contribution in [1.29, 1.82) is 0 Å². The van der Waals surface area contributed by atoms with Crippen LogP contribution in [-0.2, 0) is 18.2 Å². The van der Waals surface area contributed by atoms with Gasteiger partial charge in [0.05, 0.1) is 11.8 Å². The van der Waals surface area contributed by atoms with Crippen molar-refractivity contribution in [2.24, 2.45) is 12.5 Å². The van der Waals surface area contributed by atoms with Crippen LogP contribution in [0.25, 0.3) is 0 Å². The van der Waals surface area contributed by atoms with Crippen molar-refractivity contribution >= 4 is 0 Å². The summed E-state index contributed by atoms with van der Waals surface area (Å²) in [6.07, 6.45) is 2.93. The summed E-state index contributed by atoms with van der Waals surface area (Å²) in [5.41, 5.74) is 1.08. The van der Waals surface area contributed by atoms with Gasteiger partial charge in [0.2, 0.25) is 0 Å². The third-order valence-corrected chi connectivity index (χ3v) is 3.02. The van der Waals surface area contributed by atoms with Crippen LogP contribution in [-0.4, -0.2) is 40.8 Å². The van der Waals surface area contributed by atoms with E-state index in [0.29, 0.717) is 0 Å². The molecule has 0 saturated heterocycles. The van der Waals surface area contributed by atoms with Crippen molar-refractivity contribution in [3.63, 3.8) is 0 Å². The topological polar surface area (TPSA) is 52.0 Å². The maximum absolute atomic E-state index is 5.69. The normalized spacial score (nSPS) is 15.7. The van der Waals surface area contributed by atoms with Gasteiger partial charge in [0, 0.05) is 32.8 Å². The number of ether oxygens (including phenoxy) is 1. The van der Waals surface area contributed by atoms with Gasteiger partial charge in [0.15, 0.2) is 0 Å². The second kappa shape index (κ2) is 6.29. The van der Waals surface area contributed by atoms with E-state index in [1.165, 1.54) is 0 Å². The van der Waals surface area contributed by atoms with Crippen LogP contribution in [0.3, 0.4) is 0 Å². The molecular weight excluding hydrogens is 228 g/mol. The van der Waals surface area contributed by atoms with Crippen molar-refractivity contribution in [3.8, 4) is 0 Å². The molecule has 0 saturated carbocycles. The minimum Gasteiger partial charge on any atom is -0.379 e. The van der Waals surface area contributed by atoms with E-state index < -0.39 is 0 Å². The second-order valence-electron chi connectivity index (χ2n) is 5.77. The number of likely N-dealkylation sites (N-methyl/N-ethyl adjacent to an activating group) is 1. The first-order chi connectivity index (χ1) is 8.38. The fraction of sp³-hybridized carbons (Fsp3) is 0.846. The molecule has 2 unspecified atom stereocenters. The summed E-state index contributed by atoms with van der Waals surface area (Å²) in [6, 6.07) is 0.247. The molecule has 0 aliphatic heterocycles. The number of rotatable bonds is 6. The summed E-state index contributed by atoms with van der Waals surface area (Å²) in [4.78, 5) is 0. The Labute approximate surface area is 110 Å². The molecule has 104 valence electrons. The summed E-state index contributed by atoms with van der Waals surface area (Å²) in [5.74, 6) is 0. The van der Waals surface area contributed by atoms with E-state index in [4.69, 9.17) is 4.74 Å². The number of nitrogens with zero attached hydrogens (tertiary/aromatic N) is 3. The second-order valence-corrected chi connectivity index (χ2v) is 5.77. The molecule has 0 fully saturated rings. The molecule has 0 radical (unpaired) electrons. The van der Waals surface area contributed by atoms with Crippen LogP contribution in [0.4, 0.5) is 0 Å². The first kappa shape index (κ1) is 15.1. The van der Waals surface area contributed by atoms with Crippen LogP contribution >= 0.6 is 0 Å². The van der Waals surface area contributed by atoms with Gasteiger partial charge < -0.3 is 10.1 Å². The van der Waals surface area contributed by atoms with Gasteiger partial charge in [-0.3, -0.25) is 4.68 Å². The molecule has 1 aromatic rings. The summed E-state index contributed by atoms with van der Waals surface area (Å²) in [6.45, 7) is 9.62. The standard InChI is InChI=1S/C13H26N4O/c1-7-14-11(12(18-6)13(2,3)4)8-10-9-17(5)16-15-10/h9,11-12,14H,7-8H2,1-6H3. The molecule has 5 heteroatoms. The molecule has 1 N–H and O–H groups in total. The van der Waals surface area contributed by atoms with E-state index >= 15 is 0 Å². The van der Waals surface area contributed by atoms with Crippen molar-refractivity contribution in [3.05, 3.63) is 11.9 Å². The minimum absolute atomic E-state index is 0.0871. The highest BCUT2D eigenvalue weighted by Gasteiger charge is 2.32. The lowest BCUT2D eigenvalue weighted by Crippen LogP contribution is -2.49. The van der Waals surface area contributed by atoms with E-state index in [-0.39, 0.29) is 17.6 Å². The monoisotopic (exact) mass is 254 g/mol. The Bertz CT molecular complexity index is 356. The highest BCUT2D eigenvalue weighted by Crippen LogP contribution is 2.25. The van der Waals surface area contributed by atoms with Crippen LogP contribution in [0.1, 0.15) is 33.4 Å². The quantitative estimate of drug-likeness (QED) is 0.833. The van der Waals surface area contributed by atoms with Crippen LogP contribution in [0.5, 0.6) is 0 Å². The number of hydrogen-bond acceptors (Lipinski definition) is 4. The Morgan fingerprint density at radius 1 is 1.44 bits per heavy atom. The third kappa shape index (κ3) is 4.07. The van der Waals surface area contributed by atoms with Gasteiger partial charge in [-0.25, -0.2) is 0 Å². The zero-order valence-corrected chi connectivity index (χ0v) is 12.4. The van der Waals surface area contributed by atoms with Crippen molar-refractivity contribution in [1.82, 2.24) is 20.3 Å². The van der Waals surface area contributed by atoms with Gasteiger partial charge in [-0.15, -0.1) is 5.10 Å². The molecule has 0 aliphatic rings. The number of hydrogen-bond donors (Lipinski definition) is 1. The first-order valence-corrected chi connectivity index (χ1v) is 6.49. The van der Waals surface area contributed by atoms with Gasteiger partial charge >= 0.3 is 0 Å². The van der Waals surface area contributed by atoms with E-state index in [1.54, 1.807) is 11.8 Å². The van der Waals surface area contributed by atoms with E-state index in [0.717, 1.165) is 18.7 Å². The zero-order valence-electron chi connectivity index (χ0n) is 12.4. The fourth-order valence-corrected chi connectivity index (χ4v) is 2.38. The van der Waals surface area contributed by atoms with Crippen molar-refractivity contribution < 1.29 is 4.74 Å². The van der Waals surface area contributed by atoms with Crippen LogP contribution in [0, 0.1) is 5.41 Å². The summed E-state index contributed by atoms with van der Waals surface area (Å²) >= 11 is 0. The molecular formula is C13H26N4O. The zero-order chi connectivity index (χ0) is 13.8. The third-order valence-electron chi connectivity index (χ3n) is 3.02. The molecule has 1 heterocycles. The van der Waals surface area contributed by atoms with Crippen LogP contribution < -0.4 is 5.32 Å². The van der Waals surface area contributed by atoms with Gasteiger partial charge in [-0.05, 0) is 12.0 Å². The minimum atomic E-state index is 0.0871. The lowest BCUT2D eigenvalue weighted by molar-refractivity contribution is -0.0108. The Hall–Kier alpha value is -0.940. The number of aromatic nitrogens is 3.